The van der Waals surface area contributed by atoms with Gasteiger partial charge in [0.15, 0.2) is 0 Å². The molecule has 0 saturated heterocycles. The average Bonchev–Trinajstić information content (AvgIpc) is 3.87. The van der Waals surface area contributed by atoms with Crippen LogP contribution in [0.1, 0.15) is 0 Å². The molecule has 260 valence electrons. The fourth-order valence-corrected chi connectivity index (χ4v) is 11.0. The Morgan fingerprint density at radius 3 is 1.49 bits per heavy atom. The lowest BCUT2D eigenvalue weighted by Crippen LogP contribution is -2.57. The number of thiophene rings is 2. The van der Waals surface area contributed by atoms with E-state index in [2.05, 4.69) is 66.7 Å². The molecule has 0 fully saturated rings. The van der Waals surface area contributed by atoms with Crippen LogP contribution in [0.5, 0.6) is 0 Å². The fourth-order valence-electron chi connectivity index (χ4n) is 8.64. The van der Waals surface area contributed by atoms with Crippen LogP contribution in [0.15, 0.2) is 91.3 Å². The van der Waals surface area contributed by atoms with E-state index in [4.69, 9.17) is 112 Å². The Hall–Kier alpha value is -5.10. The first-order valence-electron chi connectivity index (χ1n) is 19.4. The molecule has 10 rings (SSSR count). The number of fused-ring (bicyclic) bond motifs is 6. The highest BCUT2D eigenvalue weighted by molar-refractivity contribution is 7.26. The third kappa shape index (κ3) is 6.31. The summed E-state index contributed by atoms with van der Waals surface area (Å²) in [7, 11) is 85.4. The second-order valence-electron chi connectivity index (χ2n) is 15.3. The summed E-state index contributed by atoms with van der Waals surface area (Å²) in [5, 5.41) is 3.36. The predicted molar refractivity (Wildman–Crippen MR) is 285 cm³/mol. The van der Waals surface area contributed by atoms with E-state index in [1.807, 2.05) is 18.2 Å². The van der Waals surface area contributed by atoms with E-state index in [0.29, 0.717) is 11.1 Å². The largest absolute Gasteiger partial charge is 0.235 e. The maximum absolute atomic E-state index is 6.89. The molecule has 2 nitrogen and oxygen atoms in total. The SMILES string of the molecule is [B]c1c([B])c([B])c(-c2c([B])c([B])c([B])c(-c3c([B])c([B])c(-c4ccc5sc6c(-c7cccc(-c8cccc9c8sc8ccccc89)c7)ncnc6c5c4)c([B])c3[B])c2[B])c([B])c1[B]. The Labute approximate surface area is 390 Å². The molecule has 0 aliphatic rings. The van der Waals surface area contributed by atoms with Crippen molar-refractivity contribution in [3.8, 4) is 55.8 Å². The molecule has 26 radical (unpaired) electrons. The fraction of sp³-hybridized carbons (Fsp3) is 0. The van der Waals surface area contributed by atoms with Crippen LogP contribution in [0.2, 0.25) is 0 Å². The highest BCUT2D eigenvalue weighted by atomic mass is 32.1. The maximum atomic E-state index is 6.89. The minimum absolute atomic E-state index is 0.00294. The van der Waals surface area contributed by atoms with E-state index in [-0.39, 0.29) is 93.3 Å². The highest BCUT2D eigenvalue weighted by Gasteiger charge is 2.24. The molecule has 0 saturated carbocycles. The molecule has 0 aliphatic carbocycles. The number of benzene rings is 7. The summed E-state index contributed by atoms with van der Waals surface area (Å²) in [6.45, 7) is 0. The van der Waals surface area contributed by atoms with Crippen molar-refractivity contribution in [2.24, 2.45) is 0 Å². The zero-order valence-electron chi connectivity index (χ0n) is 33.4. The van der Waals surface area contributed by atoms with Crippen LogP contribution >= 0.6 is 22.7 Å². The van der Waals surface area contributed by atoms with E-state index >= 15 is 0 Å². The summed E-state index contributed by atoms with van der Waals surface area (Å²) < 4.78 is 4.39. The van der Waals surface area contributed by atoms with Crippen LogP contribution in [0.3, 0.4) is 0 Å². The zero-order valence-corrected chi connectivity index (χ0v) is 35.0. The Morgan fingerprint density at radius 1 is 0.333 bits per heavy atom. The van der Waals surface area contributed by atoms with Gasteiger partial charge in [0, 0.05) is 35.8 Å². The van der Waals surface area contributed by atoms with Crippen molar-refractivity contribution in [2.75, 3.05) is 0 Å². The van der Waals surface area contributed by atoms with E-state index < -0.39 is 0 Å². The van der Waals surface area contributed by atoms with Gasteiger partial charge in [-0.25, -0.2) is 9.97 Å². The van der Waals surface area contributed by atoms with Crippen LogP contribution in [0.25, 0.3) is 96.2 Å². The van der Waals surface area contributed by atoms with Gasteiger partial charge in [-0.1, -0.05) is 110 Å². The van der Waals surface area contributed by atoms with Crippen LogP contribution in [0.4, 0.5) is 0 Å². The summed E-state index contributed by atoms with van der Waals surface area (Å²) in [6.07, 6.45) is 1.58. The van der Waals surface area contributed by atoms with Crippen molar-refractivity contribution in [2.45, 2.75) is 0 Å². The van der Waals surface area contributed by atoms with E-state index in [1.54, 1.807) is 29.0 Å². The molecule has 0 amide bonds. The molecule has 0 aliphatic heterocycles. The second kappa shape index (κ2) is 15.6. The maximum Gasteiger partial charge on any atom is 0.116 e. The van der Waals surface area contributed by atoms with Crippen LogP contribution in [-0.4, -0.2) is 112 Å². The molecule has 3 heterocycles. The van der Waals surface area contributed by atoms with Crippen molar-refractivity contribution >= 4 is 236 Å². The van der Waals surface area contributed by atoms with Gasteiger partial charge in [0.2, 0.25) is 0 Å². The number of rotatable bonds is 5. The lowest BCUT2D eigenvalue weighted by Gasteiger charge is -2.31. The van der Waals surface area contributed by atoms with Crippen molar-refractivity contribution in [3.63, 3.8) is 0 Å². The molecule has 63 heavy (non-hydrogen) atoms. The summed E-state index contributed by atoms with van der Waals surface area (Å²) in [5.41, 5.74) is 6.38. The lowest BCUT2D eigenvalue weighted by molar-refractivity contribution is 1.24. The topological polar surface area (TPSA) is 25.8 Å². The van der Waals surface area contributed by atoms with Gasteiger partial charge in [-0.2, -0.15) is 0 Å². The van der Waals surface area contributed by atoms with Crippen molar-refractivity contribution in [1.82, 2.24) is 9.97 Å². The summed E-state index contributed by atoms with van der Waals surface area (Å²) in [6, 6.07) is 29.3. The molecule has 10 aromatic rings. The summed E-state index contributed by atoms with van der Waals surface area (Å²) in [5.74, 6) is 0. The first kappa shape index (κ1) is 41.9. The third-order valence-corrected chi connectivity index (χ3v) is 14.3. The normalized spacial score (nSPS) is 11.7. The monoisotopic (exact) mass is 802 g/mol. The second-order valence-corrected chi connectivity index (χ2v) is 17.4. The lowest BCUT2D eigenvalue weighted by atomic mass is 9.54. The Bertz CT molecular complexity index is 3580. The van der Waals surface area contributed by atoms with Crippen molar-refractivity contribution in [1.29, 1.82) is 0 Å². The minimum atomic E-state index is -0.0570. The van der Waals surface area contributed by atoms with Gasteiger partial charge in [0.05, 0.1) is 15.9 Å². The highest BCUT2D eigenvalue weighted by Crippen LogP contribution is 2.42. The van der Waals surface area contributed by atoms with Crippen LogP contribution in [0, 0.1) is 0 Å². The molecule has 0 atom stereocenters. The molecule has 0 N–H and O–H groups in total. The van der Waals surface area contributed by atoms with Crippen LogP contribution < -0.4 is 71.0 Å². The number of aromatic nitrogens is 2. The van der Waals surface area contributed by atoms with Gasteiger partial charge in [-0.05, 0) is 68.8 Å². The van der Waals surface area contributed by atoms with Gasteiger partial charge in [0.25, 0.3) is 0 Å². The summed E-state index contributed by atoms with van der Waals surface area (Å²) in [4.78, 5) is 9.57. The average molecular weight is 800 g/mol. The van der Waals surface area contributed by atoms with Crippen molar-refractivity contribution < 1.29 is 0 Å². The molecule has 7 aromatic carbocycles. The predicted octanol–water partition coefficient (Wildman–Crippen LogP) is -2.13. The first-order valence-corrected chi connectivity index (χ1v) is 21.0. The standard InChI is InChI=1S/C46H15B13N2S2/c47-30-26(35(52)39(56)36(53)27(30)29-37(54)40(57)42(59)41(58)38(29)55)28-33(50)31(48)25(32(49)34(28)51)17-11-12-24-22(14-17)44-46(63-24)43(60-15-61-44)18-6-3-5-16(13-18)19-8-4-9-21-20-7-1-2-10-23(20)62-45(19)21/h1-15H. The quantitative estimate of drug-likeness (QED) is 0.186. The van der Waals surface area contributed by atoms with Gasteiger partial charge in [0.1, 0.15) is 108 Å². The molecular weight excluding hydrogens is 785 g/mol. The van der Waals surface area contributed by atoms with E-state index in [0.717, 1.165) is 37.1 Å². The van der Waals surface area contributed by atoms with Crippen LogP contribution in [-0.2, 0) is 0 Å². The molecule has 0 unspecified atom stereocenters. The molecule has 3 aromatic heterocycles. The Kier molecular flexibility index (Phi) is 10.3. The van der Waals surface area contributed by atoms with Gasteiger partial charge >= 0.3 is 0 Å². The summed E-state index contributed by atoms with van der Waals surface area (Å²) >= 11 is 3.39. The molecule has 17 heteroatoms. The van der Waals surface area contributed by atoms with Gasteiger partial charge in [-0.15, -0.1) is 44.5 Å². The molecule has 0 spiro atoms. The first-order chi connectivity index (χ1) is 30.2. The number of hydrogen-bond acceptors (Lipinski definition) is 4. The number of nitrogens with zero attached hydrogens (tertiary/aromatic N) is 2. The van der Waals surface area contributed by atoms with Gasteiger partial charge in [-0.3, -0.25) is 0 Å². The van der Waals surface area contributed by atoms with Crippen molar-refractivity contribution in [3.05, 3.63) is 91.3 Å². The van der Waals surface area contributed by atoms with Gasteiger partial charge < -0.3 is 0 Å². The minimum Gasteiger partial charge on any atom is -0.235 e. The zero-order chi connectivity index (χ0) is 44.3. The third-order valence-electron chi connectivity index (χ3n) is 11.9. The Balaban J connectivity index is 1.09. The molecular formula is C46H15B13N2S2. The number of hydrogen-bond donors (Lipinski definition) is 0. The Morgan fingerprint density at radius 2 is 0.825 bits per heavy atom. The van der Waals surface area contributed by atoms with E-state index in [9.17, 15) is 0 Å². The molecule has 0 bridgehead atoms. The smallest absolute Gasteiger partial charge is 0.116 e. The van der Waals surface area contributed by atoms with E-state index in [1.165, 1.54) is 25.7 Å².